The van der Waals surface area contributed by atoms with Gasteiger partial charge in [0.1, 0.15) is 6.10 Å². The van der Waals surface area contributed by atoms with Crippen LogP contribution in [0.2, 0.25) is 0 Å². The van der Waals surface area contributed by atoms with E-state index in [-0.39, 0.29) is 24.2 Å². The van der Waals surface area contributed by atoms with Gasteiger partial charge in [0.2, 0.25) is 0 Å². The molecule has 24 heavy (non-hydrogen) atoms. The zero-order valence-corrected chi connectivity index (χ0v) is 14.0. The smallest absolute Gasteiger partial charge is 0.429 e. The fourth-order valence-corrected chi connectivity index (χ4v) is 3.21. The van der Waals surface area contributed by atoms with E-state index in [0.29, 0.717) is 18.7 Å². The number of rotatable bonds is 4. The van der Waals surface area contributed by atoms with Crippen LogP contribution < -0.4 is 5.43 Å². The average molecular weight is 333 g/mol. The SMILES string of the molecule is CC1CN(CC2CN(NC(=O)c3ccccc3)C(=O)O2)CC(C)O1. The molecule has 3 atom stereocenters. The Bertz CT molecular complexity index is 585. The molecule has 130 valence electrons. The summed E-state index contributed by atoms with van der Waals surface area (Å²) in [6.45, 7) is 6.69. The van der Waals surface area contributed by atoms with Crippen molar-refractivity contribution in [3.63, 3.8) is 0 Å². The molecular weight excluding hydrogens is 310 g/mol. The van der Waals surface area contributed by atoms with Gasteiger partial charge in [0.15, 0.2) is 0 Å². The van der Waals surface area contributed by atoms with Crippen molar-refractivity contribution >= 4 is 12.0 Å². The van der Waals surface area contributed by atoms with E-state index in [9.17, 15) is 9.59 Å². The zero-order valence-electron chi connectivity index (χ0n) is 14.0. The Hall–Kier alpha value is -2.12. The molecule has 2 fully saturated rings. The van der Waals surface area contributed by atoms with Crippen LogP contribution in [0.25, 0.3) is 0 Å². The van der Waals surface area contributed by atoms with Crippen molar-refractivity contribution in [2.45, 2.75) is 32.2 Å². The lowest BCUT2D eigenvalue weighted by Gasteiger charge is -2.36. The summed E-state index contributed by atoms with van der Waals surface area (Å²) in [7, 11) is 0. The molecule has 2 aliphatic heterocycles. The molecule has 3 rings (SSSR count). The van der Waals surface area contributed by atoms with Crippen LogP contribution in [0.4, 0.5) is 4.79 Å². The van der Waals surface area contributed by atoms with Gasteiger partial charge in [-0.05, 0) is 26.0 Å². The van der Waals surface area contributed by atoms with Gasteiger partial charge in [0, 0.05) is 25.2 Å². The molecule has 2 amide bonds. The molecule has 7 nitrogen and oxygen atoms in total. The highest BCUT2D eigenvalue weighted by molar-refractivity contribution is 5.95. The summed E-state index contributed by atoms with van der Waals surface area (Å²) in [5.74, 6) is -0.318. The number of carbonyl (C=O) groups is 2. The number of hydrazine groups is 1. The average Bonchev–Trinajstić information content (AvgIpc) is 2.86. The van der Waals surface area contributed by atoms with Gasteiger partial charge in [0.05, 0.1) is 18.8 Å². The topological polar surface area (TPSA) is 71.1 Å². The molecule has 2 aliphatic rings. The summed E-state index contributed by atoms with van der Waals surface area (Å²) < 4.78 is 11.1. The van der Waals surface area contributed by atoms with Crippen molar-refractivity contribution < 1.29 is 19.1 Å². The van der Waals surface area contributed by atoms with E-state index >= 15 is 0 Å². The largest absolute Gasteiger partial charge is 0.442 e. The molecule has 1 aromatic carbocycles. The first-order chi connectivity index (χ1) is 11.5. The number of morpholine rings is 1. The number of hydrogen-bond donors (Lipinski definition) is 1. The third kappa shape index (κ3) is 4.04. The van der Waals surface area contributed by atoms with Crippen LogP contribution in [0.1, 0.15) is 24.2 Å². The lowest BCUT2D eigenvalue weighted by atomic mass is 10.2. The van der Waals surface area contributed by atoms with Crippen molar-refractivity contribution in [3.8, 4) is 0 Å². The van der Waals surface area contributed by atoms with E-state index in [2.05, 4.69) is 10.3 Å². The second-order valence-corrected chi connectivity index (χ2v) is 6.40. The van der Waals surface area contributed by atoms with Crippen molar-refractivity contribution in [1.29, 1.82) is 0 Å². The molecule has 2 heterocycles. The minimum absolute atomic E-state index is 0.166. The molecule has 0 bridgehead atoms. The molecule has 2 saturated heterocycles. The van der Waals surface area contributed by atoms with Gasteiger partial charge in [-0.3, -0.25) is 15.1 Å². The number of hydrogen-bond acceptors (Lipinski definition) is 5. The number of benzene rings is 1. The van der Waals surface area contributed by atoms with E-state index in [1.807, 2.05) is 19.9 Å². The Morgan fingerprint density at radius 2 is 1.83 bits per heavy atom. The van der Waals surface area contributed by atoms with Gasteiger partial charge in [-0.1, -0.05) is 18.2 Å². The first kappa shape index (κ1) is 16.7. The lowest BCUT2D eigenvalue weighted by Crippen LogP contribution is -2.49. The summed E-state index contributed by atoms with van der Waals surface area (Å²) in [4.78, 5) is 26.3. The molecular formula is C17H23N3O4. The first-order valence-corrected chi connectivity index (χ1v) is 8.23. The fraction of sp³-hybridized carbons (Fsp3) is 0.529. The van der Waals surface area contributed by atoms with Gasteiger partial charge in [-0.25, -0.2) is 9.80 Å². The second-order valence-electron chi connectivity index (χ2n) is 6.40. The van der Waals surface area contributed by atoms with Gasteiger partial charge < -0.3 is 9.47 Å². The molecule has 0 saturated carbocycles. The maximum absolute atomic E-state index is 12.1. The predicted molar refractivity (Wildman–Crippen MR) is 87.3 cm³/mol. The summed E-state index contributed by atoms with van der Waals surface area (Å²) in [5, 5.41) is 1.24. The highest BCUT2D eigenvalue weighted by Gasteiger charge is 2.35. The third-order valence-corrected chi connectivity index (χ3v) is 4.10. The Balaban J connectivity index is 1.53. The Morgan fingerprint density at radius 1 is 1.17 bits per heavy atom. The van der Waals surface area contributed by atoms with Crippen LogP contribution in [0.5, 0.6) is 0 Å². The molecule has 3 unspecified atom stereocenters. The Kier molecular flexibility index (Phi) is 5.01. The maximum Gasteiger partial charge on any atom is 0.429 e. The molecule has 0 aromatic heterocycles. The number of ether oxygens (including phenoxy) is 2. The van der Waals surface area contributed by atoms with Crippen LogP contribution in [-0.4, -0.2) is 66.4 Å². The molecule has 1 N–H and O–H groups in total. The zero-order chi connectivity index (χ0) is 17.1. The second kappa shape index (κ2) is 7.19. The van der Waals surface area contributed by atoms with Gasteiger partial charge in [0.25, 0.3) is 5.91 Å². The van der Waals surface area contributed by atoms with Gasteiger partial charge >= 0.3 is 6.09 Å². The van der Waals surface area contributed by atoms with Crippen LogP contribution in [0, 0.1) is 0 Å². The Morgan fingerprint density at radius 3 is 2.50 bits per heavy atom. The number of nitrogens with one attached hydrogen (secondary N) is 1. The highest BCUT2D eigenvalue weighted by atomic mass is 16.6. The minimum atomic E-state index is -0.515. The van der Waals surface area contributed by atoms with Crippen LogP contribution in [0.3, 0.4) is 0 Å². The number of nitrogens with zero attached hydrogens (tertiary/aromatic N) is 2. The highest BCUT2D eigenvalue weighted by Crippen LogP contribution is 2.15. The summed E-state index contributed by atoms with van der Waals surface area (Å²) in [5.41, 5.74) is 3.11. The van der Waals surface area contributed by atoms with Crippen LogP contribution >= 0.6 is 0 Å². The number of amides is 2. The standard InChI is InChI=1S/C17H23N3O4/c1-12-8-19(9-13(2)23-12)10-15-11-20(17(22)24-15)18-16(21)14-6-4-3-5-7-14/h3-7,12-13,15H,8-11H2,1-2H3,(H,18,21). The number of cyclic esters (lactones) is 1. The normalized spacial score (nSPS) is 27.8. The monoisotopic (exact) mass is 333 g/mol. The molecule has 0 spiro atoms. The molecule has 7 heteroatoms. The van der Waals surface area contributed by atoms with Crippen molar-refractivity contribution in [2.75, 3.05) is 26.2 Å². The maximum atomic E-state index is 12.1. The van der Waals surface area contributed by atoms with Gasteiger partial charge in [-0.2, -0.15) is 0 Å². The predicted octanol–water partition coefficient (Wildman–Crippen LogP) is 1.26. The van der Waals surface area contributed by atoms with Crippen molar-refractivity contribution in [1.82, 2.24) is 15.3 Å². The van der Waals surface area contributed by atoms with E-state index in [4.69, 9.17) is 9.47 Å². The molecule has 1 aromatic rings. The minimum Gasteiger partial charge on any atom is -0.442 e. The lowest BCUT2D eigenvalue weighted by molar-refractivity contribution is -0.0746. The van der Waals surface area contributed by atoms with Crippen molar-refractivity contribution in [2.24, 2.45) is 0 Å². The first-order valence-electron chi connectivity index (χ1n) is 8.23. The molecule has 0 radical (unpaired) electrons. The quantitative estimate of drug-likeness (QED) is 0.898. The summed E-state index contributed by atoms with van der Waals surface area (Å²) >= 11 is 0. The van der Waals surface area contributed by atoms with E-state index in [1.54, 1.807) is 24.3 Å². The fourth-order valence-electron chi connectivity index (χ4n) is 3.21. The van der Waals surface area contributed by atoms with Gasteiger partial charge in [-0.15, -0.1) is 0 Å². The molecule has 0 aliphatic carbocycles. The summed E-state index contributed by atoms with van der Waals surface area (Å²) in [6, 6.07) is 8.79. The number of carbonyl (C=O) groups excluding carboxylic acids is 2. The van der Waals surface area contributed by atoms with Crippen LogP contribution in [0.15, 0.2) is 30.3 Å². The summed E-state index contributed by atoms with van der Waals surface area (Å²) in [6.07, 6.45) is -0.441. The third-order valence-electron chi connectivity index (χ3n) is 4.10. The van der Waals surface area contributed by atoms with E-state index < -0.39 is 6.09 Å². The van der Waals surface area contributed by atoms with Crippen LogP contribution in [-0.2, 0) is 9.47 Å². The Labute approximate surface area is 141 Å². The van der Waals surface area contributed by atoms with E-state index in [1.165, 1.54) is 5.01 Å². The van der Waals surface area contributed by atoms with E-state index in [0.717, 1.165) is 13.1 Å². The van der Waals surface area contributed by atoms with Crippen molar-refractivity contribution in [3.05, 3.63) is 35.9 Å².